The molecule has 3 aliphatic heterocycles. The second-order valence-corrected chi connectivity index (χ2v) is 25.7. The maximum atomic E-state index is 13.4. The highest BCUT2D eigenvalue weighted by atomic mass is 16.8. The number of unbranched alkanes of at least 4 members (excludes halogenated alkanes) is 27. The molecule has 3 saturated heterocycles. The van der Waals surface area contributed by atoms with Gasteiger partial charge in [-0.15, -0.1) is 0 Å². The molecule has 0 saturated carbocycles. The van der Waals surface area contributed by atoms with Gasteiger partial charge < -0.3 is 89.9 Å². The largest absolute Gasteiger partial charge is 0.394 e. The highest BCUT2D eigenvalue weighted by Gasteiger charge is 2.53. The highest BCUT2D eigenvalue weighted by Crippen LogP contribution is 2.33. The van der Waals surface area contributed by atoms with Crippen molar-refractivity contribution in [2.75, 3.05) is 26.4 Å². The Balaban J connectivity index is 1.42. The molecule has 534 valence electrons. The fourth-order valence-electron chi connectivity index (χ4n) is 12.0. The summed E-state index contributed by atoms with van der Waals surface area (Å²) in [5.41, 5.74) is 0. The summed E-state index contributed by atoms with van der Waals surface area (Å²) in [6.07, 6.45) is 41.5. The summed E-state index contributed by atoms with van der Waals surface area (Å²) in [6.45, 7) is 1.65. The van der Waals surface area contributed by atoms with Crippen molar-refractivity contribution in [1.29, 1.82) is 0 Å². The van der Waals surface area contributed by atoms with Gasteiger partial charge >= 0.3 is 0 Å². The van der Waals surface area contributed by atoms with Crippen molar-refractivity contribution in [1.82, 2.24) is 5.32 Å². The van der Waals surface area contributed by atoms with Crippen LogP contribution >= 0.6 is 0 Å². The van der Waals surface area contributed by atoms with Crippen LogP contribution in [0.15, 0.2) is 72.9 Å². The van der Waals surface area contributed by atoms with E-state index in [9.17, 15) is 61.0 Å². The Morgan fingerprint density at radius 2 is 0.728 bits per heavy atom. The molecule has 0 bridgehead atoms. The van der Waals surface area contributed by atoms with Gasteiger partial charge in [-0.3, -0.25) is 4.79 Å². The van der Waals surface area contributed by atoms with E-state index in [1.165, 1.54) is 154 Å². The van der Waals surface area contributed by atoms with Crippen molar-refractivity contribution in [3.63, 3.8) is 0 Å². The monoisotopic (exact) mass is 1310 g/mol. The van der Waals surface area contributed by atoms with Gasteiger partial charge in [0.2, 0.25) is 5.91 Å². The molecule has 3 fully saturated rings. The lowest BCUT2D eigenvalue weighted by molar-refractivity contribution is -0.379. The van der Waals surface area contributed by atoms with E-state index in [0.29, 0.717) is 25.7 Å². The van der Waals surface area contributed by atoms with Crippen molar-refractivity contribution in [2.24, 2.45) is 0 Å². The summed E-state index contributed by atoms with van der Waals surface area (Å²) in [5.74, 6) is -0.324. The van der Waals surface area contributed by atoms with Crippen LogP contribution < -0.4 is 5.32 Å². The van der Waals surface area contributed by atoms with E-state index >= 15 is 0 Å². The van der Waals surface area contributed by atoms with Crippen LogP contribution in [-0.4, -0.2) is 193 Å². The van der Waals surface area contributed by atoms with E-state index < -0.39 is 124 Å². The number of hydrogen-bond acceptors (Lipinski definition) is 18. The van der Waals surface area contributed by atoms with Gasteiger partial charge in [-0.25, -0.2) is 0 Å². The van der Waals surface area contributed by atoms with Gasteiger partial charge in [0.1, 0.15) is 73.2 Å². The lowest BCUT2D eigenvalue weighted by Crippen LogP contribution is -2.66. The first-order valence-electron chi connectivity index (χ1n) is 36.2. The Kier molecular flexibility index (Phi) is 49.2. The third kappa shape index (κ3) is 35.5. The van der Waals surface area contributed by atoms with E-state index in [4.69, 9.17) is 28.4 Å². The highest BCUT2D eigenvalue weighted by molar-refractivity contribution is 5.76. The summed E-state index contributed by atoms with van der Waals surface area (Å²) in [5, 5.41) is 121. The molecule has 0 aromatic heterocycles. The third-order valence-corrected chi connectivity index (χ3v) is 17.8. The number of aliphatic hydroxyl groups excluding tert-OH is 11. The minimum atomic E-state index is -1.98. The summed E-state index contributed by atoms with van der Waals surface area (Å²) in [7, 11) is 0. The van der Waals surface area contributed by atoms with E-state index in [2.05, 4.69) is 79.9 Å². The van der Waals surface area contributed by atoms with Crippen molar-refractivity contribution in [3.05, 3.63) is 72.9 Å². The fourth-order valence-corrected chi connectivity index (χ4v) is 12.0. The van der Waals surface area contributed by atoms with E-state index in [0.717, 1.165) is 51.4 Å². The molecular formula is C73H129NO18. The Bertz CT molecular complexity index is 1950. The van der Waals surface area contributed by atoms with Crippen molar-refractivity contribution in [2.45, 2.75) is 356 Å². The Morgan fingerprint density at radius 3 is 1.11 bits per heavy atom. The first kappa shape index (κ1) is 83.5. The third-order valence-electron chi connectivity index (χ3n) is 17.8. The molecule has 0 aromatic rings. The van der Waals surface area contributed by atoms with Crippen LogP contribution in [0.2, 0.25) is 0 Å². The molecular weight excluding hydrogens is 1180 g/mol. The number of allylic oxidation sites excluding steroid dienone is 12. The van der Waals surface area contributed by atoms with Crippen LogP contribution in [0.1, 0.15) is 251 Å². The minimum absolute atomic E-state index is 0.138. The molecule has 17 unspecified atom stereocenters. The Labute approximate surface area is 553 Å². The number of aliphatic hydroxyl groups is 11. The molecule has 0 aliphatic carbocycles. The van der Waals surface area contributed by atoms with Gasteiger partial charge in [0.15, 0.2) is 18.9 Å². The van der Waals surface area contributed by atoms with Crippen LogP contribution in [0.5, 0.6) is 0 Å². The molecule has 3 heterocycles. The smallest absolute Gasteiger partial charge is 0.220 e. The summed E-state index contributed by atoms with van der Waals surface area (Å²) in [6, 6.07) is -0.933. The van der Waals surface area contributed by atoms with E-state index in [1.807, 2.05) is 12.2 Å². The second-order valence-electron chi connectivity index (χ2n) is 25.7. The number of ether oxygens (including phenoxy) is 6. The molecule has 3 rings (SSSR count). The average Bonchev–Trinajstić information content (AvgIpc) is 0.855. The first-order valence-corrected chi connectivity index (χ1v) is 36.2. The molecule has 19 heteroatoms. The number of carbonyl (C=O) groups excluding carboxylic acids is 1. The maximum absolute atomic E-state index is 13.4. The number of nitrogens with one attached hydrogen (secondary N) is 1. The summed E-state index contributed by atoms with van der Waals surface area (Å²) < 4.78 is 34.4. The molecule has 0 radical (unpaired) electrons. The van der Waals surface area contributed by atoms with Gasteiger partial charge in [0.25, 0.3) is 0 Å². The van der Waals surface area contributed by atoms with Crippen LogP contribution in [0, 0.1) is 0 Å². The SMILES string of the molecule is CC/C=C\C/C=C\C/C=C\C/C=C\C/C=C\C/C=C\CCC(=O)NC(COC1OC(CO)C(OC2OC(CO)C(OC3OC(CO)C(O)C(O)C3O)C(O)C2O)C(O)C1O)C(O)CCCCCCCCCCCCCCCCCCCCCCCCCCCCCC. The van der Waals surface area contributed by atoms with Crippen molar-refractivity contribution in [3.8, 4) is 0 Å². The zero-order valence-electron chi connectivity index (χ0n) is 56.5. The quantitative estimate of drug-likeness (QED) is 0.0199. The Morgan fingerprint density at radius 1 is 0.402 bits per heavy atom. The molecule has 1 amide bonds. The molecule has 0 spiro atoms. The molecule has 3 aliphatic rings. The van der Waals surface area contributed by atoms with Crippen LogP contribution in [0.4, 0.5) is 0 Å². The van der Waals surface area contributed by atoms with Gasteiger partial charge in [0, 0.05) is 6.42 Å². The molecule has 17 atom stereocenters. The number of rotatable bonds is 55. The zero-order valence-corrected chi connectivity index (χ0v) is 56.5. The predicted molar refractivity (Wildman–Crippen MR) is 360 cm³/mol. The minimum Gasteiger partial charge on any atom is -0.394 e. The van der Waals surface area contributed by atoms with E-state index in [-0.39, 0.29) is 18.9 Å². The van der Waals surface area contributed by atoms with Crippen LogP contribution in [0.3, 0.4) is 0 Å². The van der Waals surface area contributed by atoms with Gasteiger partial charge in [-0.2, -0.15) is 0 Å². The normalized spacial score (nSPS) is 28.1. The van der Waals surface area contributed by atoms with Gasteiger partial charge in [-0.05, 0) is 51.4 Å². The zero-order chi connectivity index (χ0) is 66.8. The summed E-state index contributed by atoms with van der Waals surface area (Å²) in [4.78, 5) is 13.4. The maximum Gasteiger partial charge on any atom is 0.220 e. The number of carbonyl (C=O) groups is 1. The molecule has 12 N–H and O–H groups in total. The van der Waals surface area contributed by atoms with Crippen molar-refractivity contribution < 1.29 is 89.4 Å². The summed E-state index contributed by atoms with van der Waals surface area (Å²) >= 11 is 0. The van der Waals surface area contributed by atoms with Crippen molar-refractivity contribution >= 4 is 5.91 Å². The predicted octanol–water partition coefficient (Wildman–Crippen LogP) is 10.1. The fraction of sp³-hybridized carbons (Fsp3) is 0.822. The standard InChI is InChI=1S/C73H129NO18/c1-3-5-7-9-11-13-15-17-19-21-23-24-25-26-27-28-29-30-31-33-34-36-38-40-42-44-46-48-50-57(78)56(74-61(79)51-49-47-45-43-41-39-37-35-32-22-20-18-16-14-12-10-8-6-4-2)55-87-71-67(85)64(82)69(59(53-76)89-71)92-73-68(86)65(83)70(60(54-77)90-73)91-72-66(84)63(81)62(80)58(52-75)88-72/h6,8,12,14,18,20,32,35,39,41,45,47,56-60,62-73,75-78,80-86H,3-5,7,9-11,13,15-17,19,21-31,33-34,36-38,40,42-44,46,48-55H2,1-2H3,(H,74,79)/b8-6-,14-12-,20-18-,35-32-,41-39-,47-45-. The lowest BCUT2D eigenvalue weighted by Gasteiger charge is -2.48. The molecule has 0 aromatic carbocycles. The van der Waals surface area contributed by atoms with Crippen LogP contribution in [-0.2, 0) is 33.2 Å². The molecule has 19 nitrogen and oxygen atoms in total. The first-order chi connectivity index (χ1) is 44.8. The van der Waals surface area contributed by atoms with Crippen LogP contribution in [0.25, 0.3) is 0 Å². The lowest BCUT2D eigenvalue weighted by atomic mass is 9.96. The second kappa shape index (κ2) is 54.3. The average molecular weight is 1310 g/mol. The number of amides is 1. The van der Waals surface area contributed by atoms with E-state index in [1.54, 1.807) is 0 Å². The topological polar surface area (TPSA) is 307 Å². The number of hydrogen-bond donors (Lipinski definition) is 12. The Hall–Kier alpha value is -2.77. The van der Waals surface area contributed by atoms with Gasteiger partial charge in [-0.1, -0.05) is 267 Å². The van der Waals surface area contributed by atoms with Gasteiger partial charge in [0.05, 0.1) is 38.6 Å². The molecule has 92 heavy (non-hydrogen) atoms.